The van der Waals surface area contributed by atoms with Gasteiger partial charge >= 0.3 is 0 Å². The molecule has 0 aliphatic heterocycles. The lowest BCUT2D eigenvalue weighted by molar-refractivity contribution is -0.122. The topological polar surface area (TPSA) is 46.2 Å². The van der Waals surface area contributed by atoms with Crippen molar-refractivity contribution in [2.45, 2.75) is 46.1 Å². The molecule has 0 saturated carbocycles. The van der Waals surface area contributed by atoms with Gasteiger partial charge in [-0.2, -0.15) is 0 Å². The third-order valence-electron chi connectivity index (χ3n) is 4.29. The molecule has 2 aromatic carbocycles. The first-order valence-corrected chi connectivity index (χ1v) is 8.88. The molecule has 3 nitrogen and oxygen atoms in total. The highest BCUT2D eigenvalue weighted by molar-refractivity contribution is 6.09. The van der Waals surface area contributed by atoms with Crippen molar-refractivity contribution in [1.29, 1.82) is 0 Å². The van der Waals surface area contributed by atoms with Crippen molar-refractivity contribution in [3.63, 3.8) is 0 Å². The van der Waals surface area contributed by atoms with Gasteiger partial charge in [-0.1, -0.05) is 62.4 Å². The minimum absolute atomic E-state index is 0.00235. The first-order valence-electron chi connectivity index (χ1n) is 8.88. The molecule has 2 rings (SSSR count). The highest BCUT2D eigenvalue weighted by atomic mass is 16.2. The molecule has 2 atom stereocenters. The Balaban J connectivity index is 2.12. The van der Waals surface area contributed by atoms with E-state index in [0.29, 0.717) is 17.0 Å². The maximum Gasteiger partial charge on any atom is 0.227 e. The maximum absolute atomic E-state index is 12.6. The van der Waals surface area contributed by atoms with E-state index >= 15 is 0 Å². The summed E-state index contributed by atoms with van der Waals surface area (Å²) < 4.78 is 0. The number of benzene rings is 2. The predicted molar refractivity (Wildman–Crippen MR) is 102 cm³/mol. The SMILES string of the molecule is CC(C)C[C@H](C)NC(=O)[C@@H](C)c1cccc(C(=O)c2ccccc2)c1. The molecular weight excluding hydrogens is 310 g/mol. The molecule has 0 aromatic heterocycles. The van der Waals surface area contributed by atoms with Crippen LogP contribution in [0.15, 0.2) is 54.6 Å². The quantitative estimate of drug-likeness (QED) is 0.752. The molecule has 0 spiro atoms. The molecule has 0 aliphatic carbocycles. The Hall–Kier alpha value is -2.42. The van der Waals surface area contributed by atoms with E-state index in [1.807, 2.05) is 50.2 Å². The third kappa shape index (κ3) is 5.28. The number of rotatable bonds is 7. The van der Waals surface area contributed by atoms with Crippen molar-refractivity contribution < 1.29 is 9.59 Å². The summed E-state index contributed by atoms with van der Waals surface area (Å²) in [5.74, 6) is 0.219. The zero-order valence-corrected chi connectivity index (χ0v) is 15.5. The van der Waals surface area contributed by atoms with Crippen LogP contribution in [0.3, 0.4) is 0 Å². The molecule has 0 saturated heterocycles. The van der Waals surface area contributed by atoms with E-state index < -0.39 is 0 Å². The van der Waals surface area contributed by atoms with Gasteiger partial charge in [0.25, 0.3) is 0 Å². The Morgan fingerprint density at radius 2 is 1.52 bits per heavy atom. The van der Waals surface area contributed by atoms with Crippen LogP contribution in [0.1, 0.15) is 61.5 Å². The van der Waals surface area contributed by atoms with Crippen LogP contribution in [0.5, 0.6) is 0 Å². The van der Waals surface area contributed by atoms with E-state index in [9.17, 15) is 9.59 Å². The van der Waals surface area contributed by atoms with Crippen LogP contribution >= 0.6 is 0 Å². The molecule has 0 bridgehead atoms. The second-order valence-corrected chi connectivity index (χ2v) is 7.08. The van der Waals surface area contributed by atoms with Crippen LogP contribution in [0.4, 0.5) is 0 Å². The summed E-state index contributed by atoms with van der Waals surface area (Å²) in [6.45, 7) is 8.19. The molecule has 1 amide bonds. The number of carbonyl (C=O) groups is 2. The Kier molecular flexibility index (Phi) is 6.51. The summed E-state index contributed by atoms with van der Waals surface area (Å²) in [5.41, 5.74) is 2.12. The Morgan fingerprint density at radius 3 is 2.16 bits per heavy atom. The monoisotopic (exact) mass is 337 g/mol. The lowest BCUT2D eigenvalue weighted by Gasteiger charge is -2.19. The molecule has 0 aliphatic rings. The average Bonchev–Trinajstić information content (AvgIpc) is 2.60. The summed E-state index contributed by atoms with van der Waals surface area (Å²) in [7, 11) is 0. The van der Waals surface area contributed by atoms with Crippen LogP contribution in [-0.4, -0.2) is 17.7 Å². The highest BCUT2D eigenvalue weighted by Gasteiger charge is 2.19. The zero-order valence-electron chi connectivity index (χ0n) is 15.5. The summed E-state index contributed by atoms with van der Waals surface area (Å²) in [5, 5.41) is 3.07. The van der Waals surface area contributed by atoms with Gasteiger partial charge in [-0.25, -0.2) is 0 Å². The van der Waals surface area contributed by atoms with Crippen LogP contribution in [0.25, 0.3) is 0 Å². The third-order valence-corrected chi connectivity index (χ3v) is 4.29. The maximum atomic E-state index is 12.6. The highest BCUT2D eigenvalue weighted by Crippen LogP contribution is 2.19. The predicted octanol–water partition coefficient (Wildman–Crippen LogP) is 4.57. The lowest BCUT2D eigenvalue weighted by atomic mass is 9.94. The van der Waals surface area contributed by atoms with Gasteiger partial charge in [0.1, 0.15) is 0 Å². The van der Waals surface area contributed by atoms with Gasteiger partial charge in [-0.05, 0) is 37.8 Å². The van der Waals surface area contributed by atoms with Gasteiger partial charge < -0.3 is 5.32 Å². The summed E-state index contributed by atoms with van der Waals surface area (Å²) in [4.78, 5) is 25.1. The summed E-state index contributed by atoms with van der Waals surface area (Å²) in [6.07, 6.45) is 0.949. The number of carbonyl (C=O) groups excluding carboxylic acids is 2. The molecule has 1 N–H and O–H groups in total. The molecule has 0 radical (unpaired) electrons. The Morgan fingerprint density at radius 1 is 0.880 bits per heavy atom. The van der Waals surface area contributed by atoms with Crippen molar-refractivity contribution in [2.75, 3.05) is 0 Å². The summed E-state index contributed by atoms with van der Waals surface area (Å²) in [6, 6.07) is 16.7. The second-order valence-electron chi connectivity index (χ2n) is 7.08. The minimum atomic E-state index is -0.293. The van der Waals surface area contributed by atoms with Crippen molar-refractivity contribution in [2.24, 2.45) is 5.92 Å². The van der Waals surface area contributed by atoms with Crippen molar-refractivity contribution in [3.05, 3.63) is 71.3 Å². The number of ketones is 1. The number of hydrogen-bond acceptors (Lipinski definition) is 2. The van der Waals surface area contributed by atoms with E-state index in [1.165, 1.54) is 0 Å². The minimum Gasteiger partial charge on any atom is -0.353 e. The van der Waals surface area contributed by atoms with Crippen molar-refractivity contribution in [1.82, 2.24) is 5.32 Å². The smallest absolute Gasteiger partial charge is 0.227 e. The summed E-state index contributed by atoms with van der Waals surface area (Å²) >= 11 is 0. The number of nitrogens with one attached hydrogen (secondary N) is 1. The van der Waals surface area contributed by atoms with Gasteiger partial charge in [-0.3, -0.25) is 9.59 Å². The first kappa shape index (κ1) is 18.9. The molecule has 0 heterocycles. The standard InChI is InChI=1S/C22H27NO2/c1-15(2)13-16(3)23-22(25)17(4)19-11-8-12-20(14-19)21(24)18-9-6-5-7-10-18/h5-12,14-17H,13H2,1-4H3,(H,23,25)/t16-,17-/m0/s1. The fourth-order valence-electron chi connectivity index (χ4n) is 2.99. The molecular formula is C22H27NO2. The lowest BCUT2D eigenvalue weighted by Crippen LogP contribution is -2.36. The second kappa shape index (κ2) is 8.61. The Bertz CT molecular complexity index is 722. The van der Waals surface area contributed by atoms with E-state index in [0.717, 1.165) is 12.0 Å². The van der Waals surface area contributed by atoms with Gasteiger partial charge in [-0.15, -0.1) is 0 Å². The van der Waals surface area contributed by atoms with Gasteiger partial charge in [0.2, 0.25) is 5.91 Å². The average molecular weight is 337 g/mol. The fourth-order valence-corrected chi connectivity index (χ4v) is 2.99. The molecule has 3 heteroatoms. The number of hydrogen-bond donors (Lipinski definition) is 1. The first-order chi connectivity index (χ1) is 11.9. The van der Waals surface area contributed by atoms with Gasteiger partial charge in [0, 0.05) is 17.2 Å². The Labute approximate surface area is 150 Å². The molecule has 0 fully saturated rings. The van der Waals surface area contributed by atoms with Gasteiger partial charge in [0.05, 0.1) is 5.92 Å². The molecule has 0 unspecified atom stereocenters. The van der Waals surface area contributed by atoms with E-state index in [1.54, 1.807) is 18.2 Å². The van der Waals surface area contributed by atoms with Crippen LogP contribution in [-0.2, 0) is 4.79 Å². The van der Waals surface area contributed by atoms with Crippen LogP contribution in [0.2, 0.25) is 0 Å². The zero-order chi connectivity index (χ0) is 18.4. The van der Waals surface area contributed by atoms with Gasteiger partial charge in [0.15, 0.2) is 5.78 Å². The van der Waals surface area contributed by atoms with Crippen molar-refractivity contribution >= 4 is 11.7 Å². The van der Waals surface area contributed by atoms with E-state index in [4.69, 9.17) is 0 Å². The fraction of sp³-hybridized carbons (Fsp3) is 0.364. The molecule has 2 aromatic rings. The van der Waals surface area contributed by atoms with Crippen molar-refractivity contribution in [3.8, 4) is 0 Å². The largest absolute Gasteiger partial charge is 0.353 e. The normalized spacial score (nSPS) is 13.3. The van der Waals surface area contributed by atoms with E-state index in [-0.39, 0.29) is 23.7 Å². The van der Waals surface area contributed by atoms with Crippen LogP contribution < -0.4 is 5.32 Å². The molecule has 132 valence electrons. The van der Waals surface area contributed by atoms with Crippen LogP contribution in [0, 0.1) is 5.92 Å². The van der Waals surface area contributed by atoms with E-state index in [2.05, 4.69) is 19.2 Å². The molecule has 25 heavy (non-hydrogen) atoms. The number of amides is 1.